The molecule has 25 heavy (non-hydrogen) atoms. The van der Waals surface area contributed by atoms with E-state index in [0.29, 0.717) is 17.2 Å². The van der Waals surface area contributed by atoms with Gasteiger partial charge in [-0.15, -0.1) is 0 Å². The zero-order valence-electron chi connectivity index (χ0n) is 13.4. The summed E-state index contributed by atoms with van der Waals surface area (Å²) in [5.41, 5.74) is 1.80. The number of benzene rings is 1. The summed E-state index contributed by atoms with van der Waals surface area (Å²) in [6, 6.07) is 10.6. The van der Waals surface area contributed by atoms with E-state index in [4.69, 9.17) is 0 Å². The smallest absolute Gasteiger partial charge is 0.274 e. The molecule has 4 aromatic rings. The second-order valence-electron chi connectivity index (χ2n) is 5.64. The van der Waals surface area contributed by atoms with Gasteiger partial charge in [-0.2, -0.15) is 9.50 Å². The molecule has 0 saturated carbocycles. The summed E-state index contributed by atoms with van der Waals surface area (Å²) in [6.07, 6.45) is 1.70. The Morgan fingerprint density at radius 1 is 1.24 bits per heavy atom. The van der Waals surface area contributed by atoms with E-state index in [1.807, 2.05) is 30.3 Å². The van der Waals surface area contributed by atoms with Crippen molar-refractivity contribution < 1.29 is 4.79 Å². The molecule has 0 saturated heterocycles. The highest BCUT2D eigenvalue weighted by Crippen LogP contribution is 2.21. The molecule has 0 bridgehead atoms. The Morgan fingerprint density at radius 2 is 2.12 bits per heavy atom. The average molecular weight is 334 g/mol. The number of anilines is 1. The van der Waals surface area contributed by atoms with Gasteiger partial charge in [0.25, 0.3) is 11.3 Å². The molecule has 8 heteroatoms. The third-order valence-corrected chi connectivity index (χ3v) is 3.75. The van der Waals surface area contributed by atoms with E-state index in [1.165, 1.54) is 10.6 Å². The summed E-state index contributed by atoms with van der Waals surface area (Å²) in [5.74, 6) is 0.369. The van der Waals surface area contributed by atoms with Crippen molar-refractivity contribution in [2.24, 2.45) is 0 Å². The zero-order chi connectivity index (χ0) is 17.4. The van der Waals surface area contributed by atoms with Crippen LogP contribution in [0.3, 0.4) is 0 Å². The first-order valence-corrected chi connectivity index (χ1v) is 7.69. The molecule has 1 aromatic carbocycles. The van der Waals surface area contributed by atoms with E-state index in [-0.39, 0.29) is 23.7 Å². The quantitative estimate of drug-likeness (QED) is 0.590. The van der Waals surface area contributed by atoms with Gasteiger partial charge in [-0.05, 0) is 31.2 Å². The Labute approximate surface area is 141 Å². The molecule has 1 amide bonds. The topological polar surface area (TPSA) is 105 Å². The van der Waals surface area contributed by atoms with Gasteiger partial charge in [0, 0.05) is 23.3 Å². The maximum absolute atomic E-state index is 12.4. The summed E-state index contributed by atoms with van der Waals surface area (Å²) >= 11 is 0. The first-order valence-electron chi connectivity index (χ1n) is 7.69. The molecule has 0 unspecified atom stereocenters. The average Bonchev–Trinajstić information content (AvgIpc) is 2.97. The van der Waals surface area contributed by atoms with Crippen LogP contribution < -0.4 is 10.9 Å². The number of aromatic nitrogens is 5. The van der Waals surface area contributed by atoms with Crippen molar-refractivity contribution in [1.29, 1.82) is 0 Å². The number of hydrogen-bond acceptors (Lipinski definition) is 5. The highest BCUT2D eigenvalue weighted by Gasteiger charge is 2.12. The lowest BCUT2D eigenvalue weighted by molar-refractivity contribution is -0.115. The van der Waals surface area contributed by atoms with Crippen molar-refractivity contribution in [2.75, 3.05) is 5.32 Å². The fourth-order valence-corrected chi connectivity index (χ4v) is 2.67. The van der Waals surface area contributed by atoms with Crippen LogP contribution in [-0.4, -0.2) is 30.5 Å². The summed E-state index contributed by atoms with van der Waals surface area (Å²) in [7, 11) is 0. The van der Waals surface area contributed by atoms with Crippen molar-refractivity contribution in [3.63, 3.8) is 0 Å². The number of aromatic amines is 1. The Balaban J connectivity index is 1.60. The van der Waals surface area contributed by atoms with Gasteiger partial charge in [0.1, 0.15) is 5.82 Å². The van der Waals surface area contributed by atoms with Gasteiger partial charge in [0.2, 0.25) is 5.91 Å². The summed E-state index contributed by atoms with van der Waals surface area (Å²) in [6.45, 7) is 1.72. The Hall–Kier alpha value is -3.55. The molecule has 3 heterocycles. The molecule has 0 atom stereocenters. The minimum atomic E-state index is -0.262. The van der Waals surface area contributed by atoms with Crippen molar-refractivity contribution in [1.82, 2.24) is 24.6 Å². The van der Waals surface area contributed by atoms with Crippen molar-refractivity contribution >= 4 is 28.3 Å². The van der Waals surface area contributed by atoms with Gasteiger partial charge < -0.3 is 5.32 Å². The molecule has 0 aliphatic rings. The normalized spacial score (nSPS) is 11.1. The number of rotatable bonds is 3. The highest BCUT2D eigenvalue weighted by atomic mass is 16.1. The second-order valence-corrected chi connectivity index (χ2v) is 5.64. The van der Waals surface area contributed by atoms with Gasteiger partial charge >= 0.3 is 0 Å². The highest BCUT2D eigenvalue weighted by molar-refractivity contribution is 6.01. The van der Waals surface area contributed by atoms with E-state index in [1.54, 1.807) is 13.1 Å². The molecular formula is C17H14N6O2. The molecule has 0 radical (unpaired) electrons. The molecule has 0 fully saturated rings. The van der Waals surface area contributed by atoms with Gasteiger partial charge in [-0.25, -0.2) is 4.98 Å². The lowest BCUT2D eigenvalue weighted by Crippen LogP contribution is -2.17. The van der Waals surface area contributed by atoms with E-state index in [2.05, 4.69) is 25.4 Å². The largest absolute Gasteiger partial charge is 0.325 e. The minimum Gasteiger partial charge on any atom is -0.325 e. The van der Waals surface area contributed by atoms with Crippen LogP contribution in [0.5, 0.6) is 0 Å². The van der Waals surface area contributed by atoms with Crippen LogP contribution in [-0.2, 0) is 11.2 Å². The van der Waals surface area contributed by atoms with Gasteiger partial charge in [-0.3, -0.25) is 19.7 Å². The lowest BCUT2D eigenvalue weighted by Gasteiger charge is -2.07. The molecule has 0 aliphatic heterocycles. The van der Waals surface area contributed by atoms with Crippen LogP contribution in [0.4, 0.5) is 5.69 Å². The minimum absolute atomic E-state index is 0.00149. The van der Waals surface area contributed by atoms with Gasteiger partial charge in [-0.1, -0.05) is 6.07 Å². The maximum Gasteiger partial charge on any atom is 0.274 e. The number of fused-ring (bicyclic) bond motifs is 2. The Morgan fingerprint density at radius 3 is 3.00 bits per heavy atom. The van der Waals surface area contributed by atoms with E-state index in [9.17, 15) is 9.59 Å². The third-order valence-electron chi connectivity index (χ3n) is 3.75. The zero-order valence-corrected chi connectivity index (χ0v) is 13.4. The number of nitrogens with one attached hydrogen (secondary N) is 2. The van der Waals surface area contributed by atoms with Crippen molar-refractivity contribution in [2.45, 2.75) is 13.3 Å². The van der Waals surface area contributed by atoms with Crippen LogP contribution in [0.1, 0.15) is 11.5 Å². The predicted molar refractivity (Wildman–Crippen MR) is 92.4 cm³/mol. The number of nitrogens with zero attached hydrogens (tertiary/aromatic N) is 4. The fourth-order valence-electron chi connectivity index (χ4n) is 2.67. The molecule has 3 aromatic heterocycles. The number of aryl methyl sites for hydroxylation is 1. The molecule has 8 nitrogen and oxygen atoms in total. The fraction of sp³-hybridized carbons (Fsp3) is 0.118. The first-order chi connectivity index (χ1) is 12.1. The predicted octanol–water partition coefficient (Wildman–Crippen LogP) is 1.46. The molecule has 2 N–H and O–H groups in total. The number of hydrogen-bond donors (Lipinski definition) is 2. The summed E-state index contributed by atoms with van der Waals surface area (Å²) in [5, 5.41) is 6.52. The van der Waals surface area contributed by atoms with Crippen LogP contribution in [0.15, 0.2) is 47.4 Å². The molecule has 0 spiro atoms. The SMILES string of the molecule is Cc1cc(=O)n2[nH]c(CC(=O)Nc3cccc4ncccc34)nc2n1. The van der Waals surface area contributed by atoms with Crippen LogP contribution >= 0.6 is 0 Å². The summed E-state index contributed by atoms with van der Waals surface area (Å²) < 4.78 is 1.22. The monoisotopic (exact) mass is 334 g/mol. The van der Waals surface area contributed by atoms with E-state index >= 15 is 0 Å². The number of pyridine rings is 1. The molecule has 0 aliphatic carbocycles. The van der Waals surface area contributed by atoms with E-state index in [0.717, 1.165) is 10.9 Å². The van der Waals surface area contributed by atoms with E-state index < -0.39 is 0 Å². The second kappa shape index (κ2) is 5.82. The third kappa shape index (κ3) is 2.85. The molecule has 4 rings (SSSR count). The number of amides is 1. The van der Waals surface area contributed by atoms with Crippen LogP contribution in [0.2, 0.25) is 0 Å². The standard InChI is InChI=1S/C17H14N6O2/c1-10-8-16(25)23-17(19-10)21-14(22-23)9-15(24)20-13-6-2-5-12-11(13)4-3-7-18-12/h2-8H,9H2,1H3,(H,20,24)(H,19,21,22). The summed E-state index contributed by atoms with van der Waals surface area (Å²) in [4.78, 5) is 36.9. The molecular weight excluding hydrogens is 320 g/mol. The van der Waals surface area contributed by atoms with Gasteiger partial charge in [0.05, 0.1) is 17.6 Å². The van der Waals surface area contributed by atoms with Crippen LogP contribution in [0.25, 0.3) is 16.7 Å². The molecule has 124 valence electrons. The van der Waals surface area contributed by atoms with Crippen molar-refractivity contribution in [3.8, 4) is 0 Å². The lowest BCUT2D eigenvalue weighted by atomic mass is 10.2. The Kier molecular flexibility index (Phi) is 3.50. The number of carbonyl (C=O) groups is 1. The number of H-pyrrole nitrogens is 1. The van der Waals surface area contributed by atoms with Crippen LogP contribution in [0, 0.1) is 6.92 Å². The maximum atomic E-state index is 12.4. The number of carbonyl (C=O) groups excluding carboxylic acids is 1. The van der Waals surface area contributed by atoms with Crippen molar-refractivity contribution in [3.05, 3.63) is 64.5 Å². The van der Waals surface area contributed by atoms with Gasteiger partial charge in [0.15, 0.2) is 0 Å². The first kappa shape index (κ1) is 15.0. The Bertz CT molecular complexity index is 1160.